The molecule has 0 bridgehead atoms. The van der Waals surface area contributed by atoms with Gasteiger partial charge in [-0.1, -0.05) is 54.9 Å². The summed E-state index contributed by atoms with van der Waals surface area (Å²) in [6, 6.07) is 18.0. The molecular weight excluding hydrogens is 467 g/mol. The fourth-order valence-electron chi connectivity index (χ4n) is 4.20. The number of aliphatic hydroxyl groups is 1. The number of aliphatic carboxylic acids is 1. The maximum absolute atomic E-state index is 13.8. The normalized spacial score (nSPS) is 12.3. The summed E-state index contributed by atoms with van der Waals surface area (Å²) < 4.78 is 15.6. The van der Waals surface area contributed by atoms with Crippen molar-refractivity contribution < 1.29 is 19.4 Å². The Balaban J connectivity index is 1.92. The van der Waals surface area contributed by atoms with Crippen molar-refractivity contribution in [2.24, 2.45) is 0 Å². The second kappa shape index (κ2) is 10.7. The molecule has 0 atom stereocenters. The van der Waals surface area contributed by atoms with E-state index in [2.05, 4.69) is 5.10 Å². The number of carboxylic acid groups (broad SMARTS) is 1. The number of allylic oxidation sites excluding steroid dienone is 1. The van der Waals surface area contributed by atoms with Crippen LogP contribution in [0.15, 0.2) is 72.9 Å². The Morgan fingerprint density at radius 3 is 2.49 bits per heavy atom. The molecule has 0 aliphatic heterocycles. The highest BCUT2D eigenvalue weighted by molar-refractivity contribution is 6.32. The van der Waals surface area contributed by atoms with Gasteiger partial charge in [-0.2, -0.15) is 5.10 Å². The van der Waals surface area contributed by atoms with Gasteiger partial charge in [-0.3, -0.25) is 4.68 Å². The molecule has 4 rings (SSSR count). The minimum Gasteiger partial charge on any atom is -0.478 e. The number of carbonyl (C=O) groups is 1. The van der Waals surface area contributed by atoms with Crippen LogP contribution >= 0.6 is 11.6 Å². The highest BCUT2D eigenvalue weighted by atomic mass is 35.5. The van der Waals surface area contributed by atoms with Crippen LogP contribution in [0.25, 0.3) is 28.1 Å². The Labute approximate surface area is 207 Å². The lowest BCUT2D eigenvalue weighted by molar-refractivity contribution is -0.131. The van der Waals surface area contributed by atoms with E-state index in [-0.39, 0.29) is 6.61 Å². The van der Waals surface area contributed by atoms with Crippen molar-refractivity contribution in [3.8, 4) is 0 Å². The molecule has 35 heavy (non-hydrogen) atoms. The summed E-state index contributed by atoms with van der Waals surface area (Å²) in [7, 11) is 0. The van der Waals surface area contributed by atoms with Crippen LogP contribution in [-0.4, -0.2) is 32.6 Å². The number of aliphatic hydroxyl groups excluding tert-OH is 1. The number of hydrogen-bond acceptors (Lipinski definition) is 3. The van der Waals surface area contributed by atoms with Crippen LogP contribution in [0.2, 0.25) is 5.02 Å². The summed E-state index contributed by atoms with van der Waals surface area (Å²) in [5.74, 6) is -1.41. The van der Waals surface area contributed by atoms with Crippen molar-refractivity contribution in [3.05, 3.63) is 106 Å². The van der Waals surface area contributed by atoms with Gasteiger partial charge >= 0.3 is 5.97 Å². The van der Waals surface area contributed by atoms with Crippen LogP contribution in [0.5, 0.6) is 0 Å². The van der Waals surface area contributed by atoms with Crippen LogP contribution in [0.1, 0.15) is 35.6 Å². The van der Waals surface area contributed by atoms with E-state index in [4.69, 9.17) is 16.7 Å². The van der Waals surface area contributed by atoms with Crippen molar-refractivity contribution in [2.75, 3.05) is 6.61 Å². The molecule has 0 aliphatic carbocycles. The fourth-order valence-corrected chi connectivity index (χ4v) is 4.48. The van der Waals surface area contributed by atoms with Crippen molar-refractivity contribution in [3.63, 3.8) is 0 Å². The molecule has 4 aromatic rings. The third kappa shape index (κ3) is 5.34. The van der Waals surface area contributed by atoms with Gasteiger partial charge in [0.2, 0.25) is 0 Å². The maximum Gasteiger partial charge on any atom is 0.328 e. The Kier molecular flexibility index (Phi) is 7.44. The van der Waals surface area contributed by atoms with Gasteiger partial charge in [0.25, 0.3) is 0 Å². The highest BCUT2D eigenvalue weighted by Gasteiger charge is 2.17. The SMILES string of the molecule is CC/C(=C(/c1ccc(C=CC(=O)O)cc1)c1ccc2c(cnn2CCO)c1)c1ccc(F)cc1Cl. The first-order valence-electron chi connectivity index (χ1n) is 11.2. The van der Waals surface area contributed by atoms with Gasteiger partial charge in [0, 0.05) is 11.5 Å². The predicted molar refractivity (Wildman–Crippen MR) is 138 cm³/mol. The quantitative estimate of drug-likeness (QED) is 0.225. The van der Waals surface area contributed by atoms with Gasteiger partial charge in [0.05, 0.1) is 29.9 Å². The van der Waals surface area contributed by atoms with Crippen molar-refractivity contribution in [1.82, 2.24) is 9.78 Å². The summed E-state index contributed by atoms with van der Waals surface area (Å²) in [5, 5.41) is 23.9. The predicted octanol–water partition coefficient (Wildman–Crippen LogP) is 6.29. The lowest BCUT2D eigenvalue weighted by Crippen LogP contribution is -2.03. The van der Waals surface area contributed by atoms with Crippen molar-refractivity contribution in [1.29, 1.82) is 0 Å². The lowest BCUT2D eigenvalue weighted by Gasteiger charge is -2.18. The van der Waals surface area contributed by atoms with E-state index in [9.17, 15) is 14.3 Å². The third-order valence-corrected chi connectivity index (χ3v) is 6.08. The average molecular weight is 491 g/mol. The Hall–Kier alpha value is -3.74. The molecule has 0 amide bonds. The summed E-state index contributed by atoms with van der Waals surface area (Å²) in [6.45, 7) is 2.43. The van der Waals surface area contributed by atoms with Gasteiger partial charge in [-0.15, -0.1) is 0 Å². The minimum absolute atomic E-state index is 0.00456. The van der Waals surface area contributed by atoms with E-state index in [1.807, 2.05) is 49.4 Å². The molecule has 0 radical (unpaired) electrons. The Morgan fingerprint density at radius 2 is 1.83 bits per heavy atom. The third-order valence-electron chi connectivity index (χ3n) is 5.77. The molecule has 0 fully saturated rings. The van der Waals surface area contributed by atoms with Crippen LogP contribution in [0.3, 0.4) is 0 Å². The lowest BCUT2D eigenvalue weighted by atomic mass is 9.87. The van der Waals surface area contributed by atoms with E-state index in [0.717, 1.165) is 50.4 Å². The second-order valence-electron chi connectivity index (χ2n) is 7.99. The number of halogens is 2. The molecule has 3 aromatic carbocycles. The zero-order valence-corrected chi connectivity index (χ0v) is 19.8. The van der Waals surface area contributed by atoms with Crippen molar-refractivity contribution in [2.45, 2.75) is 19.9 Å². The number of carboxylic acids is 1. The van der Waals surface area contributed by atoms with E-state index in [1.54, 1.807) is 16.9 Å². The number of hydrogen-bond donors (Lipinski definition) is 2. The first-order chi connectivity index (χ1) is 16.9. The molecule has 0 saturated heterocycles. The molecule has 5 nitrogen and oxygen atoms in total. The first-order valence-corrected chi connectivity index (χ1v) is 11.6. The monoisotopic (exact) mass is 490 g/mol. The van der Waals surface area contributed by atoms with Crippen LogP contribution < -0.4 is 0 Å². The van der Waals surface area contributed by atoms with Gasteiger partial charge in [0.1, 0.15) is 5.82 Å². The van der Waals surface area contributed by atoms with Crippen LogP contribution in [0, 0.1) is 5.82 Å². The zero-order valence-electron chi connectivity index (χ0n) is 19.1. The average Bonchev–Trinajstić information content (AvgIpc) is 3.24. The summed E-state index contributed by atoms with van der Waals surface area (Å²) in [5.41, 5.74) is 6.15. The Bertz CT molecular complexity index is 1440. The molecule has 0 spiro atoms. The molecule has 1 heterocycles. The maximum atomic E-state index is 13.8. The number of benzene rings is 3. The molecule has 0 saturated carbocycles. The molecule has 0 aliphatic rings. The Morgan fingerprint density at radius 1 is 1.09 bits per heavy atom. The summed E-state index contributed by atoms with van der Waals surface area (Å²) >= 11 is 6.48. The smallest absolute Gasteiger partial charge is 0.328 e. The summed E-state index contributed by atoms with van der Waals surface area (Å²) in [4.78, 5) is 10.9. The fraction of sp³-hybridized carbons (Fsp3) is 0.143. The standard InChI is InChI=1S/C28H24ClFN2O3/c1-2-23(24-10-9-22(30)16-25(24)29)28(19-6-3-18(4-7-19)5-12-27(34)35)20-8-11-26-21(15-20)17-31-32(26)13-14-33/h3-12,15-17,33H,2,13-14H2,1H3,(H,34,35)/b12-5?,28-23+. The molecule has 1 aromatic heterocycles. The van der Waals surface area contributed by atoms with E-state index in [0.29, 0.717) is 18.0 Å². The molecule has 0 unspecified atom stereocenters. The van der Waals surface area contributed by atoms with Gasteiger partial charge < -0.3 is 10.2 Å². The molecule has 178 valence electrons. The molecule has 2 N–H and O–H groups in total. The highest BCUT2D eigenvalue weighted by Crippen LogP contribution is 2.38. The van der Waals surface area contributed by atoms with Gasteiger partial charge in [-0.05, 0) is 70.2 Å². The number of fused-ring (bicyclic) bond motifs is 1. The first kappa shape index (κ1) is 24.4. The molecular formula is C28H24ClFN2O3. The number of nitrogens with zero attached hydrogens (tertiary/aromatic N) is 2. The van der Waals surface area contributed by atoms with Gasteiger partial charge in [-0.25, -0.2) is 9.18 Å². The van der Waals surface area contributed by atoms with Gasteiger partial charge in [0.15, 0.2) is 0 Å². The van der Waals surface area contributed by atoms with Crippen LogP contribution in [-0.2, 0) is 11.3 Å². The van der Waals surface area contributed by atoms with Crippen molar-refractivity contribution >= 4 is 45.7 Å². The topological polar surface area (TPSA) is 75.3 Å². The molecule has 7 heteroatoms. The van der Waals surface area contributed by atoms with E-state index < -0.39 is 11.8 Å². The number of aromatic nitrogens is 2. The summed E-state index contributed by atoms with van der Waals surface area (Å²) in [6.07, 6.45) is 5.04. The second-order valence-corrected chi connectivity index (χ2v) is 8.40. The van der Waals surface area contributed by atoms with E-state index in [1.165, 1.54) is 18.2 Å². The largest absolute Gasteiger partial charge is 0.478 e. The zero-order chi connectivity index (χ0) is 24.9. The van der Waals surface area contributed by atoms with Crippen LogP contribution in [0.4, 0.5) is 4.39 Å². The minimum atomic E-state index is -1.01. The number of rotatable bonds is 8. The van der Waals surface area contributed by atoms with E-state index >= 15 is 0 Å².